The fourth-order valence-electron chi connectivity index (χ4n) is 4.43. The van der Waals surface area contributed by atoms with Crippen LogP contribution in [0.3, 0.4) is 0 Å². The average Bonchev–Trinajstić information content (AvgIpc) is 3.26. The molecular weight excluding hydrogens is 418 g/mol. The van der Waals surface area contributed by atoms with E-state index in [1.54, 1.807) is 6.20 Å². The summed E-state index contributed by atoms with van der Waals surface area (Å²) in [6.45, 7) is 1.94. The average molecular weight is 444 g/mol. The molecule has 0 radical (unpaired) electrons. The lowest BCUT2D eigenvalue weighted by molar-refractivity contribution is 0.400. The van der Waals surface area contributed by atoms with E-state index < -0.39 is 0 Å². The second-order valence-electron chi connectivity index (χ2n) is 8.42. The summed E-state index contributed by atoms with van der Waals surface area (Å²) in [7, 11) is 1.99. The molecule has 0 spiro atoms. The van der Waals surface area contributed by atoms with Crippen molar-refractivity contribution in [3.8, 4) is 22.6 Å². The van der Waals surface area contributed by atoms with Crippen molar-refractivity contribution in [1.82, 2.24) is 19.5 Å². The van der Waals surface area contributed by atoms with Gasteiger partial charge in [0.15, 0.2) is 0 Å². The van der Waals surface area contributed by atoms with E-state index in [4.69, 9.17) is 21.6 Å². The Morgan fingerprint density at radius 1 is 0.969 bits per heavy atom. The molecule has 1 saturated heterocycles. The van der Waals surface area contributed by atoms with Gasteiger partial charge in [0.1, 0.15) is 5.82 Å². The van der Waals surface area contributed by atoms with Gasteiger partial charge >= 0.3 is 0 Å². The van der Waals surface area contributed by atoms with Crippen molar-refractivity contribution in [3.63, 3.8) is 0 Å². The molecule has 1 aliphatic rings. The van der Waals surface area contributed by atoms with Gasteiger partial charge in [-0.05, 0) is 42.9 Å². The zero-order chi connectivity index (χ0) is 21.9. The number of hydrogen-bond donors (Lipinski definition) is 0. The smallest absolute Gasteiger partial charge is 0.225 e. The first kappa shape index (κ1) is 20.7. The molecule has 0 bridgehead atoms. The maximum Gasteiger partial charge on any atom is 0.225 e. The Labute approximate surface area is 193 Å². The lowest BCUT2D eigenvalue weighted by Crippen LogP contribution is -2.35. The second-order valence-corrected chi connectivity index (χ2v) is 8.86. The second kappa shape index (κ2) is 9.13. The fraction of sp³-hybridized carbons (Fsp3) is 0.269. The van der Waals surface area contributed by atoms with Gasteiger partial charge in [0.2, 0.25) is 5.95 Å². The minimum atomic E-state index is 0.705. The maximum absolute atomic E-state index is 6.13. The van der Waals surface area contributed by atoms with E-state index >= 15 is 0 Å². The van der Waals surface area contributed by atoms with Crippen LogP contribution in [0.2, 0.25) is 5.02 Å². The van der Waals surface area contributed by atoms with Crippen LogP contribution in [-0.4, -0.2) is 32.6 Å². The highest BCUT2D eigenvalue weighted by atomic mass is 35.5. The minimum absolute atomic E-state index is 0.705. The number of aryl methyl sites for hydroxylation is 1. The number of aromatic nitrogens is 4. The minimum Gasteiger partial charge on any atom is -0.341 e. The number of piperidine rings is 1. The van der Waals surface area contributed by atoms with E-state index in [-0.39, 0.29) is 0 Å². The van der Waals surface area contributed by atoms with Crippen LogP contribution in [0.4, 0.5) is 5.95 Å². The Kier molecular flexibility index (Phi) is 5.91. The zero-order valence-electron chi connectivity index (χ0n) is 18.2. The summed E-state index contributed by atoms with van der Waals surface area (Å²) >= 11 is 6.13. The van der Waals surface area contributed by atoms with Crippen LogP contribution in [0.1, 0.15) is 18.4 Å². The summed E-state index contributed by atoms with van der Waals surface area (Å²) in [5.41, 5.74) is 4.23. The predicted molar refractivity (Wildman–Crippen MR) is 130 cm³/mol. The molecule has 6 heteroatoms. The summed E-state index contributed by atoms with van der Waals surface area (Å²) < 4.78 is 1.99. The van der Waals surface area contributed by atoms with E-state index in [0.29, 0.717) is 10.9 Å². The molecule has 1 aliphatic heterocycles. The van der Waals surface area contributed by atoms with Crippen molar-refractivity contribution in [2.75, 3.05) is 18.0 Å². The van der Waals surface area contributed by atoms with Crippen molar-refractivity contribution in [2.24, 2.45) is 13.0 Å². The first-order chi connectivity index (χ1) is 15.7. The monoisotopic (exact) mass is 443 g/mol. The molecular formula is C26H26ClN5. The quantitative estimate of drug-likeness (QED) is 0.399. The van der Waals surface area contributed by atoms with Crippen LogP contribution < -0.4 is 4.90 Å². The third-order valence-corrected chi connectivity index (χ3v) is 6.47. The molecule has 5 nitrogen and oxygen atoms in total. The molecule has 4 aromatic rings. The summed E-state index contributed by atoms with van der Waals surface area (Å²) in [5.74, 6) is 2.34. The number of rotatable bonds is 5. The van der Waals surface area contributed by atoms with Gasteiger partial charge in [-0.2, -0.15) is 0 Å². The molecule has 0 saturated carbocycles. The summed E-state index contributed by atoms with van der Waals surface area (Å²) in [6, 6.07) is 18.6. The molecule has 1 fully saturated rings. The summed E-state index contributed by atoms with van der Waals surface area (Å²) in [4.78, 5) is 16.6. The molecule has 0 aliphatic carbocycles. The van der Waals surface area contributed by atoms with Gasteiger partial charge in [-0.3, -0.25) is 0 Å². The number of hydrogen-bond acceptors (Lipinski definition) is 4. The Morgan fingerprint density at radius 2 is 1.72 bits per heavy atom. The standard InChI is InChI=1S/C26H26ClN5/c1-31-16-13-28-25(31)23-18-29-26(30-24(23)21-7-9-22(27)10-8-21)32-14-11-20(12-15-32)17-19-5-3-2-4-6-19/h2-10,13,16,18,20H,11-12,14-15,17H2,1H3. The Hall–Kier alpha value is -3.18. The van der Waals surface area contributed by atoms with Gasteiger partial charge in [-0.1, -0.05) is 54.1 Å². The van der Waals surface area contributed by atoms with Crippen molar-refractivity contribution >= 4 is 17.5 Å². The third-order valence-electron chi connectivity index (χ3n) is 6.22. The summed E-state index contributed by atoms with van der Waals surface area (Å²) in [6.07, 6.45) is 9.08. The van der Waals surface area contributed by atoms with Crippen LogP contribution >= 0.6 is 11.6 Å². The van der Waals surface area contributed by atoms with E-state index in [2.05, 4.69) is 40.2 Å². The van der Waals surface area contributed by atoms with Gasteiger partial charge in [-0.25, -0.2) is 15.0 Å². The normalized spacial score (nSPS) is 14.6. The van der Waals surface area contributed by atoms with Crippen LogP contribution in [0.5, 0.6) is 0 Å². The molecule has 162 valence electrons. The zero-order valence-corrected chi connectivity index (χ0v) is 18.9. The van der Waals surface area contributed by atoms with E-state index in [0.717, 1.165) is 60.9 Å². The predicted octanol–water partition coefficient (Wildman–Crippen LogP) is 5.66. The number of halogens is 1. The van der Waals surface area contributed by atoms with Crippen LogP contribution in [0.25, 0.3) is 22.6 Å². The number of nitrogens with zero attached hydrogens (tertiary/aromatic N) is 5. The van der Waals surface area contributed by atoms with E-state index in [1.807, 2.05) is 48.3 Å². The van der Waals surface area contributed by atoms with Gasteiger partial charge < -0.3 is 9.47 Å². The van der Waals surface area contributed by atoms with Crippen molar-refractivity contribution in [3.05, 3.63) is 83.8 Å². The first-order valence-corrected chi connectivity index (χ1v) is 11.4. The topological polar surface area (TPSA) is 46.8 Å². The van der Waals surface area contributed by atoms with Gasteiger partial charge in [0, 0.05) is 49.3 Å². The molecule has 2 aromatic carbocycles. The maximum atomic E-state index is 6.13. The summed E-state index contributed by atoms with van der Waals surface area (Å²) in [5, 5.41) is 0.710. The SMILES string of the molecule is Cn1ccnc1-c1cnc(N2CCC(Cc3ccccc3)CC2)nc1-c1ccc(Cl)cc1. The van der Waals surface area contributed by atoms with Crippen molar-refractivity contribution in [2.45, 2.75) is 19.3 Å². The molecule has 5 rings (SSSR count). The number of imidazole rings is 1. The van der Waals surface area contributed by atoms with Crippen LogP contribution in [0.15, 0.2) is 73.2 Å². The Balaban J connectivity index is 1.40. The lowest BCUT2D eigenvalue weighted by Gasteiger charge is -2.32. The molecule has 0 unspecified atom stereocenters. The van der Waals surface area contributed by atoms with E-state index in [9.17, 15) is 0 Å². The molecule has 32 heavy (non-hydrogen) atoms. The van der Waals surface area contributed by atoms with Gasteiger partial charge in [0.05, 0.1) is 11.3 Å². The number of benzene rings is 2. The Bertz CT molecular complexity index is 1180. The fourth-order valence-corrected chi connectivity index (χ4v) is 4.55. The molecule has 3 heterocycles. The van der Waals surface area contributed by atoms with Crippen molar-refractivity contribution in [1.29, 1.82) is 0 Å². The highest BCUT2D eigenvalue weighted by Crippen LogP contribution is 2.32. The molecule has 0 atom stereocenters. The lowest BCUT2D eigenvalue weighted by atomic mass is 9.90. The number of anilines is 1. The molecule has 2 aromatic heterocycles. The highest BCUT2D eigenvalue weighted by molar-refractivity contribution is 6.30. The van der Waals surface area contributed by atoms with Crippen LogP contribution in [0, 0.1) is 5.92 Å². The third kappa shape index (κ3) is 4.39. The van der Waals surface area contributed by atoms with Crippen LogP contribution in [-0.2, 0) is 13.5 Å². The van der Waals surface area contributed by atoms with Crippen molar-refractivity contribution < 1.29 is 0 Å². The van der Waals surface area contributed by atoms with Gasteiger partial charge in [0.25, 0.3) is 0 Å². The Morgan fingerprint density at radius 3 is 2.41 bits per heavy atom. The highest BCUT2D eigenvalue weighted by Gasteiger charge is 2.23. The first-order valence-electron chi connectivity index (χ1n) is 11.1. The van der Waals surface area contributed by atoms with E-state index in [1.165, 1.54) is 5.56 Å². The molecule has 0 amide bonds. The van der Waals surface area contributed by atoms with Gasteiger partial charge in [-0.15, -0.1) is 0 Å². The largest absolute Gasteiger partial charge is 0.341 e. The molecule has 0 N–H and O–H groups in total.